The van der Waals surface area contributed by atoms with Gasteiger partial charge < -0.3 is 15.0 Å². The van der Waals surface area contributed by atoms with Gasteiger partial charge in [-0.25, -0.2) is 4.39 Å². The molecule has 0 atom stereocenters. The van der Waals surface area contributed by atoms with E-state index in [1.807, 2.05) is 11.9 Å². The summed E-state index contributed by atoms with van der Waals surface area (Å²) in [5.74, 6) is 0.308. The summed E-state index contributed by atoms with van der Waals surface area (Å²) < 4.78 is 53.1. The van der Waals surface area contributed by atoms with Gasteiger partial charge >= 0.3 is 6.18 Å². The fraction of sp³-hybridized carbons (Fsp3) is 0.533. The standard InChI is InChI=1S/C15H21F4N3O/c1-20-14(21-8-3-9-23-11-15(17,18)19)22(2)10-12-4-6-13(16)7-5-12/h4-7H,3,8-11H2,1-2H3,(H,20,21). The second-order valence-corrected chi connectivity index (χ2v) is 4.98. The van der Waals surface area contributed by atoms with E-state index in [9.17, 15) is 17.6 Å². The molecule has 4 nitrogen and oxygen atoms in total. The number of nitrogens with one attached hydrogen (secondary N) is 1. The third-order valence-electron chi connectivity index (χ3n) is 2.92. The van der Waals surface area contributed by atoms with Gasteiger partial charge in [-0.05, 0) is 24.1 Å². The molecule has 0 heterocycles. The van der Waals surface area contributed by atoms with Crippen molar-refractivity contribution in [2.45, 2.75) is 19.1 Å². The number of nitrogens with zero attached hydrogens (tertiary/aromatic N) is 2. The predicted octanol–water partition coefficient (Wildman–Crippen LogP) is 2.80. The van der Waals surface area contributed by atoms with Crippen LogP contribution in [0.3, 0.4) is 0 Å². The Hall–Kier alpha value is -1.83. The van der Waals surface area contributed by atoms with Crippen LogP contribution in [0, 0.1) is 5.82 Å². The first-order chi connectivity index (χ1) is 10.8. The third-order valence-corrected chi connectivity index (χ3v) is 2.92. The molecule has 0 unspecified atom stereocenters. The van der Waals surface area contributed by atoms with Crippen LogP contribution in [0.25, 0.3) is 0 Å². The second-order valence-electron chi connectivity index (χ2n) is 4.98. The Kier molecular flexibility index (Phi) is 7.80. The Morgan fingerprint density at radius 2 is 1.91 bits per heavy atom. The molecule has 0 saturated carbocycles. The number of guanidine groups is 1. The van der Waals surface area contributed by atoms with Gasteiger partial charge in [-0.2, -0.15) is 13.2 Å². The summed E-state index contributed by atoms with van der Waals surface area (Å²) >= 11 is 0. The summed E-state index contributed by atoms with van der Waals surface area (Å²) in [6, 6.07) is 6.14. The van der Waals surface area contributed by atoms with Crippen LogP contribution in [-0.4, -0.2) is 50.9 Å². The number of ether oxygens (including phenoxy) is 1. The SMILES string of the molecule is CN=C(NCCCOCC(F)(F)F)N(C)Cc1ccc(F)cc1. The lowest BCUT2D eigenvalue weighted by molar-refractivity contribution is -0.173. The molecule has 0 bridgehead atoms. The summed E-state index contributed by atoms with van der Waals surface area (Å²) in [5, 5.41) is 3.04. The molecule has 130 valence electrons. The van der Waals surface area contributed by atoms with Crippen LogP contribution in [0.1, 0.15) is 12.0 Å². The monoisotopic (exact) mass is 335 g/mol. The highest BCUT2D eigenvalue weighted by Crippen LogP contribution is 2.14. The fourth-order valence-corrected chi connectivity index (χ4v) is 1.89. The summed E-state index contributed by atoms with van der Waals surface area (Å²) in [5.41, 5.74) is 0.922. The van der Waals surface area contributed by atoms with Gasteiger partial charge in [-0.3, -0.25) is 4.99 Å². The molecule has 1 rings (SSSR count). The Morgan fingerprint density at radius 1 is 1.26 bits per heavy atom. The summed E-state index contributed by atoms with van der Waals surface area (Å²) in [6.07, 6.45) is -3.86. The van der Waals surface area contributed by atoms with Crippen molar-refractivity contribution in [3.8, 4) is 0 Å². The van der Waals surface area contributed by atoms with E-state index in [4.69, 9.17) is 0 Å². The van der Waals surface area contributed by atoms with Gasteiger partial charge in [0.15, 0.2) is 5.96 Å². The van der Waals surface area contributed by atoms with Crippen LogP contribution >= 0.6 is 0 Å². The highest BCUT2D eigenvalue weighted by atomic mass is 19.4. The number of rotatable bonds is 7. The first-order valence-corrected chi connectivity index (χ1v) is 7.12. The van der Waals surface area contributed by atoms with E-state index >= 15 is 0 Å². The highest BCUT2D eigenvalue weighted by Gasteiger charge is 2.27. The molecule has 0 aliphatic heterocycles. The van der Waals surface area contributed by atoms with Gasteiger partial charge in [0, 0.05) is 33.8 Å². The van der Waals surface area contributed by atoms with Crippen molar-refractivity contribution in [2.24, 2.45) is 4.99 Å². The van der Waals surface area contributed by atoms with E-state index in [0.717, 1.165) is 5.56 Å². The maximum absolute atomic E-state index is 12.9. The average Bonchev–Trinajstić information content (AvgIpc) is 2.47. The van der Waals surface area contributed by atoms with Gasteiger partial charge in [0.05, 0.1) is 0 Å². The lowest BCUT2D eigenvalue weighted by atomic mass is 10.2. The number of aliphatic imine (C=N–C) groups is 1. The van der Waals surface area contributed by atoms with Crippen LogP contribution < -0.4 is 5.32 Å². The molecule has 0 aliphatic carbocycles. The normalized spacial score (nSPS) is 12.3. The van der Waals surface area contributed by atoms with E-state index in [2.05, 4.69) is 15.0 Å². The van der Waals surface area contributed by atoms with Crippen LogP contribution in [-0.2, 0) is 11.3 Å². The smallest absolute Gasteiger partial charge is 0.372 e. The van der Waals surface area contributed by atoms with Gasteiger partial charge in [-0.1, -0.05) is 12.1 Å². The molecule has 0 spiro atoms. The zero-order valence-electron chi connectivity index (χ0n) is 13.2. The van der Waals surface area contributed by atoms with E-state index < -0.39 is 12.8 Å². The number of hydrogen-bond donors (Lipinski definition) is 1. The highest BCUT2D eigenvalue weighted by molar-refractivity contribution is 5.79. The first kappa shape index (κ1) is 19.2. The Bertz CT molecular complexity index is 488. The van der Waals surface area contributed by atoms with Crippen molar-refractivity contribution in [1.82, 2.24) is 10.2 Å². The number of hydrogen-bond acceptors (Lipinski definition) is 2. The molecular formula is C15H21F4N3O. The van der Waals surface area contributed by atoms with E-state index in [0.29, 0.717) is 25.5 Å². The Balaban J connectivity index is 2.29. The van der Waals surface area contributed by atoms with Crippen LogP contribution in [0.2, 0.25) is 0 Å². The Morgan fingerprint density at radius 3 is 2.48 bits per heavy atom. The largest absolute Gasteiger partial charge is 0.411 e. The third kappa shape index (κ3) is 8.39. The minimum absolute atomic E-state index is 0.0190. The van der Waals surface area contributed by atoms with Crippen molar-refractivity contribution in [2.75, 3.05) is 33.9 Å². The quantitative estimate of drug-likeness (QED) is 0.360. The zero-order valence-corrected chi connectivity index (χ0v) is 13.2. The minimum Gasteiger partial charge on any atom is -0.372 e. The summed E-state index contributed by atoms with van der Waals surface area (Å²) in [6.45, 7) is -0.236. The second kappa shape index (κ2) is 9.34. The van der Waals surface area contributed by atoms with Crippen molar-refractivity contribution in [3.63, 3.8) is 0 Å². The van der Waals surface area contributed by atoms with E-state index in [-0.39, 0.29) is 12.4 Å². The topological polar surface area (TPSA) is 36.9 Å². The molecule has 8 heteroatoms. The molecule has 1 N–H and O–H groups in total. The summed E-state index contributed by atoms with van der Waals surface area (Å²) in [4.78, 5) is 5.93. The minimum atomic E-state index is -4.29. The fourth-order valence-electron chi connectivity index (χ4n) is 1.89. The molecule has 1 aromatic rings. The molecule has 0 fully saturated rings. The van der Waals surface area contributed by atoms with E-state index in [1.165, 1.54) is 12.1 Å². The molecule has 0 aliphatic rings. The van der Waals surface area contributed by atoms with Crippen molar-refractivity contribution >= 4 is 5.96 Å². The van der Waals surface area contributed by atoms with Crippen LogP contribution in [0.5, 0.6) is 0 Å². The molecular weight excluding hydrogens is 314 g/mol. The number of alkyl halides is 3. The Labute approximate surface area is 133 Å². The van der Waals surface area contributed by atoms with E-state index in [1.54, 1.807) is 19.2 Å². The maximum atomic E-state index is 12.9. The number of benzene rings is 1. The van der Waals surface area contributed by atoms with Crippen molar-refractivity contribution in [1.29, 1.82) is 0 Å². The van der Waals surface area contributed by atoms with Gasteiger partial charge in [0.2, 0.25) is 0 Å². The predicted molar refractivity (Wildman–Crippen MR) is 80.7 cm³/mol. The van der Waals surface area contributed by atoms with Crippen molar-refractivity contribution < 1.29 is 22.3 Å². The molecule has 1 aromatic carbocycles. The number of halogens is 4. The lowest BCUT2D eigenvalue weighted by Gasteiger charge is -2.22. The molecule has 0 radical (unpaired) electrons. The van der Waals surface area contributed by atoms with Gasteiger partial charge in [-0.15, -0.1) is 0 Å². The summed E-state index contributed by atoms with van der Waals surface area (Å²) in [7, 11) is 3.43. The average molecular weight is 335 g/mol. The van der Waals surface area contributed by atoms with Crippen LogP contribution in [0.15, 0.2) is 29.3 Å². The van der Waals surface area contributed by atoms with Crippen LogP contribution in [0.4, 0.5) is 17.6 Å². The first-order valence-electron chi connectivity index (χ1n) is 7.12. The molecule has 23 heavy (non-hydrogen) atoms. The molecule has 0 amide bonds. The molecule has 0 saturated heterocycles. The molecule has 0 aromatic heterocycles. The van der Waals surface area contributed by atoms with Crippen molar-refractivity contribution in [3.05, 3.63) is 35.6 Å². The van der Waals surface area contributed by atoms with Gasteiger partial charge in [0.1, 0.15) is 12.4 Å². The maximum Gasteiger partial charge on any atom is 0.411 e. The lowest BCUT2D eigenvalue weighted by Crippen LogP contribution is -2.39. The zero-order chi connectivity index (χ0) is 17.3. The van der Waals surface area contributed by atoms with Gasteiger partial charge in [0.25, 0.3) is 0 Å².